The van der Waals surface area contributed by atoms with Gasteiger partial charge in [-0.2, -0.15) is 0 Å². The number of nitrogens with two attached hydrogens (primary N) is 1. The van der Waals surface area contributed by atoms with Crippen molar-refractivity contribution in [1.82, 2.24) is 5.32 Å². The molecule has 0 aliphatic carbocycles. The van der Waals surface area contributed by atoms with Crippen LogP contribution in [0.3, 0.4) is 0 Å². The molecule has 0 bridgehead atoms. The first-order chi connectivity index (χ1) is 9.92. The van der Waals surface area contributed by atoms with Gasteiger partial charge in [0.1, 0.15) is 6.04 Å². The molecule has 0 saturated carbocycles. The molecule has 5 nitrogen and oxygen atoms in total. The molecule has 0 aliphatic rings. The van der Waals surface area contributed by atoms with E-state index in [1.165, 1.54) is 13.2 Å². The minimum absolute atomic E-state index is 0.274. The van der Waals surface area contributed by atoms with Crippen molar-refractivity contribution in [2.75, 3.05) is 12.8 Å². The molecule has 0 aliphatic heterocycles. The predicted molar refractivity (Wildman–Crippen MR) is 83.3 cm³/mol. The van der Waals surface area contributed by atoms with Crippen LogP contribution in [0.5, 0.6) is 0 Å². The number of hydrogen-bond acceptors (Lipinski definition) is 4. The van der Waals surface area contributed by atoms with Gasteiger partial charge in [-0.3, -0.25) is 4.79 Å². The van der Waals surface area contributed by atoms with Gasteiger partial charge in [0.15, 0.2) is 0 Å². The molecule has 0 radical (unpaired) electrons. The predicted octanol–water partition coefficient (Wildman–Crippen LogP) is 1.99. The monoisotopic (exact) mass is 290 g/mol. The Balaban J connectivity index is 2.64. The lowest BCUT2D eigenvalue weighted by Crippen LogP contribution is -2.41. The number of benzene rings is 1. The van der Waals surface area contributed by atoms with E-state index in [0.717, 1.165) is 5.56 Å². The number of carbonyl (C=O) groups excluding carboxylic acids is 2. The summed E-state index contributed by atoms with van der Waals surface area (Å²) in [5.41, 5.74) is 7.11. The molecule has 1 rings (SSSR count). The van der Waals surface area contributed by atoms with Gasteiger partial charge < -0.3 is 15.8 Å². The van der Waals surface area contributed by atoms with E-state index in [0.29, 0.717) is 12.1 Å². The SMILES string of the molecule is COC(=O)C(CC(C)C)NC(=O)/C=C/c1ccc(N)cc1. The molecule has 21 heavy (non-hydrogen) atoms. The fourth-order valence-electron chi connectivity index (χ4n) is 1.83. The number of amides is 1. The number of hydrogen-bond donors (Lipinski definition) is 2. The molecule has 114 valence electrons. The fraction of sp³-hybridized carbons (Fsp3) is 0.375. The highest BCUT2D eigenvalue weighted by Gasteiger charge is 2.21. The fourth-order valence-corrected chi connectivity index (χ4v) is 1.83. The van der Waals surface area contributed by atoms with E-state index in [2.05, 4.69) is 5.32 Å². The highest BCUT2D eigenvalue weighted by atomic mass is 16.5. The molecule has 0 aromatic heterocycles. The van der Waals surface area contributed by atoms with Crippen molar-refractivity contribution < 1.29 is 14.3 Å². The molecule has 0 saturated heterocycles. The Morgan fingerprint density at radius 2 is 1.90 bits per heavy atom. The Morgan fingerprint density at radius 1 is 1.29 bits per heavy atom. The number of nitrogens with one attached hydrogen (secondary N) is 1. The third-order valence-corrected chi connectivity index (χ3v) is 2.87. The Bertz CT molecular complexity index is 507. The van der Waals surface area contributed by atoms with Crippen LogP contribution in [0.25, 0.3) is 6.08 Å². The van der Waals surface area contributed by atoms with Crippen molar-refractivity contribution in [3.63, 3.8) is 0 Å². The minimum atomic E-state index is -0.626. The van der Waals surface area contributed by atoms with Gasteiger partial charge in [-0.1, -0.05) is 26.0 Å². The summed E-state index contributed by atoms with van der Waals surface area (Å²) in [6.45, 7) is 3.96. The maximum Gasteiger partial charge on any atom is 0.328 e. The van der Waals surface area contributed by atoms with Crippen molar-refractivity contribution in [3.05, 3.63) is 35.9 Å². The number of methoxy groups -OCH3 is 1. The first-order valence-corrected chi connectivity index (χ1v) is 6.84. The van der Waals surface area contributed by atoms with Gasteiger partial charge in [0.2, 0.25) is 5.91 Å². The van der Waals surface area contributed by atoms with E-state index >= 15 is 0 Å². The Kier molecular flexibility index (Phi) is 6.46. The number of carbonyl (C=O) groups is 2. The summed E-state index contributed by atoms with van der Waals surface area (Å²) in [6, 6.07) is 6.51. The van der Waals surface area contributed by atoms with E-state index in [1.807, 2.05) is 26.0 Å². The number of ether oxygens (including phenoxy) is 1. The molecule has 1 atom stereocenters. The van der Waals surface area contributed by atoms with Gasteiger partial charge in [-0.25, -0.2) is 4.79 Å². The maximum absolute atomic E-state index is 11.9. The Hall–Kier alpha value is -2.30. The summed E-state index contributed by atoms with van der Waals surface area (Å²) in [5.74, 6) is -0.490. The topological polar surface area (TPSA) is 81.4 Å². The van der Waals surface area contributed by atoms with Crippen LogP contribution >= 0.6 is 0 Å². The first-order valence-electron chi connectivity index (χ1n) is 6.84. The molecule has 5 heteroatoms. The summed E-state index contributed by atoms with van der Waals surface area (Å²) in [5, 5.41) is 2.66. The summed E-state index contributed by atoms with van der Waals surface area (Å²) >= 11 is 0. The zero-order chi connectivity index (χ0) is 15.8. The zero-order valence-electron chi connectivity index (χ0n) is 12.6. The molecule has 1 aromatic carbocycles. The van der Waals surface area contributed by atoms with Crippen molar-refractivity contribution in [2.24, 2.45) is 5.92 Å². The molecule has 0 heterocycles. The molecule has 1 aromatic rings. The number of rotatable bonds is 6. The van der Waals surface area contributed by atoms with Crippen molar-refractivity contribution in [3.8, 4) is 0 Å². The van der Waals surface area contributed by atoms with E-state index in [-0.39, 0.29) is 11.8 Å². The van der Waals surface area contributed by atoms with Crippen LogP contribution in [0.4, 0.5) is 5.69 Å². The zero-order valence-corrected chi connectivity index (χ0v) is 12.6. The molecule has 0 spiro atoms. The molecule has 3 N–H and O–H groups in total. The number of esters is 1. The summed E-state index contributed by atoms with van der Waals surface area (Å²) < 4.78 is 4.70. The summed E-state index contributed by atoms with van der Waals surface area (Å²) in [4.78, 5) is 23.5. The largest absolute Gasteiger partial charge is 0.467 e. The van der Waals surface area contributed by atoms with Gasteiger partial charge in [0.25, 0.3) is 0 Å². The number of nitrogen functional groups attached to an aromatic ring is 1. The smallest absolute Gasteiger partial charge is 0.328 e. The highest BCUT2D eigenvalue weighted by molar-refractivity contribution is 5.94. The molecule has 0 fully saturated rings. The van der Waals surface area contributed by atoms with Gasteiger partial charge in [0, 0.05) is 11.8 Å². The van der Waals surface area contributed by atoms with Crippen LogP contribution in [0.2, 0.25) is 0 Å². The van der Waals surface area contributed by atoms with Crippen molar-refractivity contribution in [1.29, 1.82) is 0 Å². The number of anilines is 1. The van der Waals surface area contributed by atoms with Gasteiger partial charge >= 0.3 is 5.97 Å². The third kappa shape index (κ3) is 6.12. The van der Waals surface area contributed by atoms with Crippen LogP contribution < -0.4 is 11.1 Å². The molecular formula is C16H22N2O3. The Morgan fingerprint density at radius 3 is 2.43 bits per heavy atom. The van der Waals surface area contributed by atoms with Gasteiger partial charge in [-0.05, 0) is 36.1 Å². The van der Waals surface area contributed by atoms with Crippen LogP contribution in [0.1, 0.15) is 25.8 Å². The van der Waals surface area contributed by atoms with E-state index < -0.39 is 12.0 Å². The Labute approximate surface area is 125 Å². The normalized spacial score (nSPS) is 12.4. The lowest BCUT2D eigenvalue weighted by atomic mass is 10.0. The van der Waals surface area contributed by atoms with Gasteiger partial charge in [-0.15, -0.1) is 0 Å². The van der Waals surface area contributed by atoms with Gasteiger partial charge in [0.05, 0.1) is 7.11 Å². The van der Waals surface area contributed by atoms with E-state index in [1.54, 1.807) is 18.2 Å². The minimum Gasteiger partial charge on any atom is -0.467 e. The van der Waals surface area contributed by atoms with Crippen LogP contribution in [0, 0.1) is 5.92 Å². The summed E-state index contributed by atoms with van der Waals surface area (Å²) in [6.07, 6.45) is 3.59. The van der Waals surface area contributed by atoms with Crippen molar-refractivity contribution >= 4 is 23.6 Å². The first kappa shape index (κ1) is 16.8. The lowest BCUT2D eigenvalue weighted by Gasteiger charge is -2.17. The molecule has 1 unspecified atom stereocenters. The second-order valence-electron chi connectivity index (χ2n) is 5.21. The van der Waals surface area contributed by atoms with E-state index in [4.69, 9.17) is 10.5 Å². The quantitative estimate of drug-likeness (QED) is 0.477. The van der Waals surface area contributed by atoms with E-state index in [9.17, 15) is 9.59 Å². The van der Waals surface area contributed by atoms with Crippen LogP contribution in [-0.2, 0) is 14.3 Å². The van der Waals surface area contributed by atoms with Crippen LogP contribution in [0.15, 0.2) is 30.3 Å². The average Bonchev–Trinajstić information content (AvgIpc) is 2.44. The maximum atomic E-state index is 11.9. The standard InChI is InChI=1S/C16H22N2O3/c1-11(2)10-14(16(20)21-3)18-15(19)9-6-12-4-7-13(17)8-5-12/h4-9,11,14H,10,17H2,1-3H3,(H,18,19)/b9-6+. The second kappa shape index (κ2) is 8.09. The van der Waals surface area contributed by atoms with Crippen molar-refractivity contribution in [2.45, 2.75) is 26.3 Å². The second-order valence-corrected chi connectivity index (χ2v) is 5.21. The average molecular weight is 290 g/mol. The van der Waals surface area contributed by atoms with Crippen LogP contribution in [-0.4, -0.2) is 25.0 Å². The third-order valence-electron chi connectivity index (χ3n) is 2.87. The lowest BCUT2D eigenvalue weighted by molar-refractivity contribution is -0.145. The molecular weight excluding hydrogens is 268 g/mol. The highest BCUT2D eigenvalue weighted by Crippen LogP contribution is 2.08. The summed E-state index contributed by atoms with van der Waals surface area (Å²) in [7, 11) is 1.31. The molecule has 1 amide bonds.